The van der Waals surface area contributed by atoms with Gasteiger partial charge >= 0.3 is 0 Å². The lowest BCUT2D eigenvalue weighted by Crippen LogP contribution is -2.35. The fourth-order valence-corrected chi connectivity index (χ4v) is 6.05. The Labute approximate surface area is 214 Å². The molecule has 1 aromatic heterocycles. The average Bonchev–Trinajstić information content (AvgIpc) is 2.85. The van der Waals surface area contributed by atoms with Crippen LogP contribution in [0.5, 0.6) is 0 Å². The molecule has 1 heterocycles. The molecule has 4 N–H and O–H groups in total. The Morgan fingerprint density at radius 1 is 1.03 bits per heavy atom. The zero-order chi connectivity index (χ0) is 25.3. The van der Waals surface area contributed by atoms with Crippen LogP contribution in [0.2, 0.25) is 5.02 Å². The molecule has 10 heteroatoms. The van der Waals surface area contributed by atoms with Gasteiger partial charge in [-0.1, -0.05) is 35.9 Å². The Morgan fingerprint density at radius 3 is 2.58 bits per heavy atom. The number of rotatable bonds is 6. The van der Waals surface area contributed by atoms with E-state index in [1.54, 1.807) is 24.4 Å². The minimum atomic E-state index is -4.04. The lowest BCUT2D eigenvalue weighted by molar-refractivity contribution is 0.408. The zero-order valence-electron chi connectivity index (χ0n) is 19.3. The third kappa shape index (κ3) is 5.28. The number of hydrogen-bond donors (Lipinski definition) is 3. The standard InChI is InChI=1S/C26H25ClFN5O2S/c27-21-6-1-2-7-25(21)36(34,35)33-24-11-9-17(13-22(24)28)16-8-10-23-18(12-16)15-30-26(32-23)31-20-5-3-4-19(29)14-20/h1-2,6-13,15,19-20,33H,3-5,14,29H2,(H,30,31,32)/t19-,20-/m1/s1. The number of halogens is 2. The smallest absolute Gasteiger partial charge is 0.263 e. The highest BCUT2D eigenvalue weighted by Gasteiger charge is 2.21. The minimum absolute atomic E-state index is 0.0566. The van der Waals surface area contributed by atoms with Gasteiger partial charge in [-0.2, -0.15) is 0 Å². The van der Waals surface area contributed by atoms with Crippen LogP contribution in [-0.4, -0.2) is 30.5 Å². The highest BCUT2D eigenvalue weighted by atomic mass is 35.5. The second-order valence-electron chi connectivity index (χ2n) is 8.97. The maximum Gasteiger partial charge on any atom is 0.263 e. The fourth-order valence-electron chi connectivity index (χ4n) is 4.46. The van der Waals surface area contributed by atoms with Crippen molar-refractivity contribution >= 4 is 44.2 Å². The van der Waals surface area contributed by atoms with Crippen molar-refractivity contribution in [3.05, 3.63) is 77.7 Å². The summed E-state index contributed by atoms with van der Waals surface area (Å²) in [6.45, 7) is 0. The highest BCUT2D eigenvalue weighted by Crippen LogP contribution is 2.30. The van der Waals surface area contributed by atoms with Crippen molar-refractivity contribution < 1.29 is 12.8 Å². The van der Waals surface area contributed by atoms with Crippen LogP contribution in [0.1, 0.15) is 25.7 Å². The van der Waals surface area contributed by atoms with Gasteiger partial charge in [-0.05, 0) is 73.2 Å². The van der Waals surface area contributed by atoms with Crippen molar-refractivity contribution in [1.82, 2.24) is 9.97 Å². The molecule has 1 aliphatic rings. The van der Waals surface area contributed by atoms with E-state index in [9.17, 15) is 12.8 Å². The molecule has 4 aromatic rings. The molecular weight excluding hydrogens is 501 g/mol. The summed E-state index contributed by atoms with van der Waals surface area (Å²) >= 11 is 6.00. The van der Waals surface area contributed by atoms with E-state index in [1.165, 1.54) is 24.3 Å². The molecule has 1 saturated carbocycles. The molecule has 0 unspecified atom stereocenters. The summed E-state index contributed by atoms with van der Waals surface area (Å²) in [5.41, 5.74) is 8.02. The molecule has 7 nitrogen and oxygen atoms in total. The Balaban J connectivity index is 1.35. The maximum atomic E-state index is 14.9. The van der Waals surface area contributed by atoms with Crippen molar-refractivity contribution in [1.29, 1.82) is 0 Å². The second kappa shape index (κ2) is 10.0. The van der Waals surface area contributed by atoms with Crippen LogP contribution in [0.25, 0.3) is 22.0 Å². The first-order chi connectivity index (χ1) is 17.3. The van der Waals surface area contributed by atoms with Gasteiger partial charge in [0.25, 0.3) is 10.0 Å². The van der Waals surface area contributed by atoms with Crippen LogP contribution in [0, 0.1) is 5.82 Å². The first-order valence-electron chi connectivity index (χ1n) is 11.6. The fraction of sp³-hybridized carbons (Fsp3) is 0.231. The number of nitrogens with one attached hydrogen (secondary N) is 2. The van der Waals surface area contributed by atoms with Crippen LogP contribution in [0.4, 0.5) is 16.0 Å². The normalized spacial score (nSPS) is 18.2. The molecule has 0 spiro atoms. The van der Waals surface area contributed by atoms with E-state index in [1.807, 2.05) is 18.2 Å². The largest absolute Gasteiger partial charge is 0.351 e. The van der Waals surface area contributed by atoms with Crippen molar-refractivity contribution in [3.8, 4) is 11.1 Å². The Hall–Kier alpha value is -3.27. The monoisotopic (exact) mass is 525 g/mol. The zero-order valence-corrected chi connectivity index (χ0v) is 20.9. The molecule has 3 aromatic carbocycles. The number of aromatic nitrogens is 2. The van der Waals surface area contributed by atoms with Crippen molar-refractivity contribution in [2.24, 2.45) is 5.73 Å². The van der Waals surface area contributed by atoms with Crippen molar-refractivity contribution in [3.63, 3.8) is 0 Å². The first kappa shape index (κ1) is 24.4. The van der Waals surface area contributed by atoms with Crippen LogP contribution >= 0.6 is 11.6 Å². The number of hydrogen-bond acceptors (Lipinski definition) is 6. The summed E-state index contributed by atoms with van der Waals surface area (Å²) in [6.07, 6.45) is 5.82. The van der Waals surface area contributed by atoms with E-state index >= 15 is 0 Å². The van der Waals surface area contributed by atoms with Crippen LogP contribution in [0.3, 0.4) is 0 Å². The van der Waals surface area contributed by atoms with E-state index in [-0.39, 0.29) is 27.7 Å². The Kier molecular flexibility index (Phi) is 6.79. The summed E-state index contributed by atoms with van der Waals surface area (Å²) in [7, 11) is -4.04. The number of nitrogens with two attached hydrogens (primary N) is 1. The molecule has 1 fully saturated rings. The predicted molar refractivity (Wildman–Crippen MR) is 141 cm³/mol. The van der Waals surface area contributed by atoms with E-state index in [2.05, 4.69) is 20.0 Å². The summed E-state index contributed by atoms with van der Waals surface area (Å²) in [6, 6.07) is 16.4. The van der Waals surface area contributed by atoms with Gasteiger partial charge in [0, 0.05) is 23.7 Å². The molecule has 1 aliphatic carbocycles. The molecule has 0 aliphatic heterocycles. The lowest BCUT2D eigenvalue weighted by atomic mass is 9.92. The maximum absolute atomic E-state index is 14.9. The van der Waals surface area contributed by atoms with Crippen LogP contribution in [-0.2, 0) is 10.0 Å². The van der Waals surface area contributed by atoms with Gasteiger partial charge in [-0.15, -0.1) is 0 Å². The molecule has 186 valence electrons. The number of nitrogens with zero attached hydrogens (tertiary/aromatic N) is 2. The Morgan fingerprint density at radius 2 is 1.81 bits per heavy atom. The number of sulfonamides is 1. The number of fused-ring (bicyclic) bond motifs is 1. The van der Waals surface area contributed by atoms with Crippen molar-refractivity contribution in [2.45, 2.75) is 42.7 Å². The van der Waals surface area contributed by atoms with Gasteiger partial charge in [0.2, 0.25) is 5.95 Å². The van der Waals surface area contributed by atoms with Gasteiger partial charge in [-0.3, -0.25) is 4.72 Å². The van der Waals surface area contributed by atoms with Gasteiger partial charge in [0.1, 0.15) is 10.7 Å². The van der Waals surface area contributed by atoms with Gasteiger partial charge in [-0.25, -0.2) is 22.8 Å². The Bertz CT molecular complexity index is 1530. The molecule has 0 saturated heterocycles. The van der Waals surface area contributed by atoms with E-state index in [4.69, 9.17) is 17.3 Å². The second-order valence-corrected chi connectivity index (χ2v) is 11.0. The molecule has 2 atom stereocenters. The first-order valence-corrected chi connectivity index (χ1v) is 13.5. The molecule has 5 rings (SSSR count). The summed E-state index contributed by atoms with van der Waals surface area (Å²) < 4.78 is 42.5. The van der Waals surface area contributed by atoms with Gasteiger partial charge in [0.15, 0.2) is 0 Å². The van der Waals surface area contributed by atoms with Gasteiger partial charge in [0.05, 0.1) is 16.2 Å². The topological polar surface area (TPSA) is 110 Å². The quantitative estimate of drug-likeness (QED) is 0.303. The lowest BCUT2D eigenvalue weighted by Gasteiger charge is -2.27. The van der Waals surface area contributed by atoms with Crippen molar-refractivity contribution in [2.75, 3.05) is 10.0 Å². The SMILES string of the molecule is N[C@@H]1CCC[C@@H](Nc2ncc3cc(-c4ccc(NS(=O)(=O)c5ccccc5Cl)c(F)c4)ccc3n2)C1. The minimum Gasteiger partial charge on any atom is -0.351 e. The third-order valence-electron chi connectivity index (χ3n) is 6.30. The molecule has 36 heavy (non-hydrogen) atoms. The van der Waals surface area contributed by atoms with E-state index in [0.29, 0.717) is 11.5 Å². The summed E-state index contributed by atoms with van der Waals surface area (Å²) in [5.74, 6) is -0.139. The molecule has 0 amide bonds. The van der Waals surface area contributed by atoms with E-state index in [0.717, 1.165) is 42.1 Å². The third-order valence-corrected chi connectivity index (χ3v) is 8.17. The summed E-state index contributed by atoms with van der Waals surface area (Å²) in [4.78, 5) is 8.94. The van der Waals surface area contributed by atoms with Crippen LogP contribution < -0.4 is 15.8 Å². The molecule has 0 radical (unpaired) electrons. The van der Waals surface area contributed by atoms with Crippen LogP contribution in [0.15, 0.2) is 71.8 Å². The number of anilines is 2. The number of benzene rings is 3. The molecule has 0 bridgehead atoms. The summed E-state index contributed by atoms with van der Waals surface area (Å²) in [5, 5.41) is 4.25. The van der Waals surface area contributed by atoms with Gasteiger partial charge < -0.3 is 11.1 Å². The van der Waals surface area contributed by atoms with E-state index < -0.39 is 15.8 Å². The molecular formula is C26H25ClFN5O2S. The predicted octanol–water partition coefficient (Wildman–Crippen LogP) is 5.57. The average molecular weight is 526 g/mol. The highest BCUT2D eigenvalue weighted by molar-refractivity contribution is 7.92.